The number of nitrogens with two attached hydrogens (primary N) is 1. The van der Waals surface area contributed by atoms with Crippen LogP contribution < -0.4 is 10.5 Å². The van der Waals surface area contributed by atoms with Gasteiger partial charge in [-0.1, -0.05) is 26.7 Å². The highest BCUT2D eigenvalue weighted by atomic mass is 32.2. The third-order valence-electron chi connectivity index (χ3n) is 3.47. The van der Waals surface area contributed by atoms with E-state index in [2.05, 4.69) is 18.6 Å². The minimum Gasteiger partial charge on any atom is -0.329 e. The molecule has 1 heterocycles. The van der Waals surface area contributed by atoms with E-state index < -0.39 is 10.2 Å². The summed E-state index contributed by atoms with van der Waals surface area (Å²) in [7, 11) is -3.35. The summed E-state index contributed by atoms with van der Waals surface area (Å²) in [6.45, 7) is 5.81. The van der Waals surface area contributed by atoms with Crippen molar-refractivity contribution in [2.24, 2.45) is 11.7 Å². The van der Waals surface area contributed by atoms with Gasteiger partial charge in [-0.3, -0.25) is 0 Å². The first-order valence-corrected chi connectivity index (χ1v) is 8.41. The van der Waals surface area contributed by atoms with E-state index in [4.69, 9.17) is 5.73 Å². The second-order valence-electron chi connectivity index (χ2n) is 5.30. The van der Waals surface area contributed by atoms with Gasteiger partial charge in [0.15, 0.2) is 0 Å². The van der Waals surface area contributed by atoms with Crippen LogP contribution >= 0.6 is 0 Å². The molecule has 0 spiro atoms. The molecule has 0 bridgehead atoms. The molecule has 3 N–H and O–H groups in total. The van der Waals surface area contributed by atoms with E-state index in [1.165, 1.54) is 0 Å². The Morgan fingerprint density at radius 1 is 1.50 bits per heavy atom. The zero-order valence-corrected chi connectivity index (χ0v) is 12.4. The Kier molecular flexibility index (Phi) is 6.55. The molecule has 1 saturated heterocycles. The fourth-order valence-electron chi connectivity index (χ4n) is 2.33. The SMILES string of the molecule is CCCCC(CN)NS(=O)(=O)N1CCCC(C)C1. The van der Waals surface area contributed by atoms with Gasteiger partial charge in [-0.15, -0.1) is 0 Å². The van der Waals surface area contributed by atoms with Crippen LogP contribution in [0.1, 0.15) is 46.0 Å². The minimum absolute atomic E-state index is 0.132. The fraction of sp³-hybridized carbons (Fsp3) is 1.00. The first kappa shape index (κ1) is 15.9. The molecule has 0 radical (unpaired) electrons. The number of piperidine rings is 1. The van der Waals surface area contributed by atoms with Crippen molar-refractivity contribution in [1.82, 2.24) is 9.03 Å². The maximum atomic E-state index is 12.2. The van der Waals surface area contributed by atoms with E-state index in [-0.39, 0.29) is 6.04 Å². The van der Waals surface area contributed by atoms with Crippen molar-refractivity contribution < 1.29 is 8.42 Å². The Bertz CT molecular complexity index is 332. The van der Waals surface area contributed by atoms with Crippen molar-refractivity contribution in [3.05, 3.63) is 0 Å². The maximum Gasteiger partial charge on any atom is 0.279 e. The van der Waals surface area contributed by atoms with Crippen LogP contribution in [0.15, 0.2) is 0 Å². The van der Waals surface area contributed by atoms with Gasteiger partial charge < -0.3 is 5.73 Å². The smallest absolute Gasteiger partial charge is 0.279 e. The molecule has 1 rings (SSSR count). The Morgan fingerprint density at radius 3 is 2.78 bits per heavy atom. The molecule has 1 aliphatic rings. The van der Waals surface area contributed by atoms with Crippen LogP contribution in [-0.2, 0) is 10.2 Å². The molecule has 5 nitrogen and oxygen atoms in total. The van der Waals surface area contributed by atoms with Gasteiger partial charge in [0.1, 0.15) is 0 Å². The Labute approximate surface area is 111 Å². The molecule has 108 valence electrons. The Balaban J connectivity index is 2.56. The number of unbranched alkanes of at least 4 members (excludes halogenated alkanes) is 1. The maximum absolute atomic E-state index is 12.2. The largest absolute Gasteiger partial charge is 0.329 e. The van der Waals surface area contributed by atoms with Gasteiger partial charge in [0, 0.05) is 25.7 Å². The van der Waals surface area contributed by atoms with E-state index in [1.807, 2.05) is 0 Å². The van der Waals surface area contributed by atoms with Crippen LogP contribution in [0.3, 0.4) is 0 Å². The van der Waals surface area contributed by atoms with E-state index in [0.717, 1.165) is 32.1 Å². The Morgan fingerprint density at radius 2 is 2.22 bits per heavy atom. The first-order valence-electron chi connectivity index (χ1n) is 6.97. The third-order valence-corrected chi connectivity index (χ3v) is 5.11. The topological polar surface area (TPSA) is 75.4 Å². The van der Waals surface area contributed by atoms with Crippen molar-refractivity contribution >= 4 is 10.2 Å². The van der Waals surface area contributed by atoms with Gasteiger partial charge >= 0.3 is 0 Å². The highest BCUT2D eigenvalue weighted by Gasteiger charge is 2.28. The lowest BCUT2D eigenvalue weighted by atomic mass is 10.0. The summed E-state index contributed by atoms with van der Waals surface area (Å²) >= 11 is 0. The van der Waals surface area contributed by atoms with Crippen molar-refractivity contribution in [2.75, 3.05) is 19.6 Å². The summed E-state index contributed by atoms with van der Waals surface area (Å²) in [6.07, 6.45) is 4.93. The van der Waals surface area contributed by atoms with Gasteiger partial charge in [-0.25, -0.2) is 0 Å². The van der Waals surface area contributed by atoms with Crippen LogP contribution in [-0.4, -0.2) is 38.4 Å². The summed E-state index contributed by atoms with van der Waals surface area (Å²) in [6, 6.07) is -0.132. The van der Waals surface area contributed by atoms with Crippen LogP contribution in [0.2, 0.25) is 0 Å². The predicted octanol–water partition coefficient (Wildman–Crippen LogP) is 1.07. The molecule has 2 unspecified atom stereocenters. The summed E-state index contributed by atoms with van der Waals surface area (Å²) in [5.74, 6) is 0.447. The van der Waals surface area contributed by atoms with Gasteiger partial charge in [0.2, 0.25) is 0 Å². The average molecular weight is 277 g/mol. The normalized spacial score (nSPS) is 24.1. The summed E-state index contributed by atoms with van der Waals surface area (Å²) < 4.78 is 28.8. The van der Waals surface area contributed by atoms with Gasteiger partial charge in [-0.05, 0) is 25.2 Å². The van der Waals surface area contributed by atoms with Crippen molar-refractivity contribution in [1.29, 1.82) is 0 Å². The third kappa shape index (κ3) is 4.84. The molecule has 0 aromatic heterocycles. The fourth-order valence-corrected chi connectivity index (χ4v) is 3.93. The first-order chi connectivity index (χ1) is 8.49. The lowest BCUT2D eigenvalue weighted by Gasteiger charge is -2.31. The van der Waals surface area contributed by atoms with Gasteiger partial charge in [0.05, 0.1) is 0 Å². The molecule has 0 aromatic rings. The molecule has 18 heavy (non-hydrogen) atoms. The second kappa shape index (κ2) is 7.43. The average Bonchev–Trinajstić information content (AvgIpc) is 2.34. The summed E-state index contributed by atoms with van der Waals surface area (Å²) in [5.41, 5.74) is 5.63. The molecular weight excluding hydrogens is 250 g/mol. The summed E-state index contributed by atoms with van der Waals surface area (Å²) in [5, 5.41) is 0. The van der Waals surface area contributed by atoms with Crippen LogP contribution in [0.5, 0.6) is 0 Å². The molecule has 0 aromatic carbocycles. The highest BCUT2D eigenvalue weighted by Crippen LogP contribution is 2.18. The predicted molar refractivity (Wildman–Crippen MR) is 74.4 cm³/mol. The highest BCUT2D eigenvalue weighted by molar-refractivity contribution is 7.87. The second-order valence-corrected chi connectivity index (χ2v) is 7.01. The monoisotopic (exact) mass is 277 g/mol. The van der Waals surface area contributed by atoms with Gasteiger partial charge in [0.25, 0.3) is 10.2 Å². The number of nitrogens with zero attached hydrogens (tertiary/aromatic N) is 1. The zero-order valence-electron chi connectivity index (χ0n) is 11.6. The van der Waals surface area contributed by atoms with E-state index in [9.17, 15) is 8.42 Å². The van der Waals surface area contributed by atoms with E-state index in [0.29, 0.717) is 25.6 Å². The van der Waals surface area contributed by atoms with E-state index in [1.54, 1.807) is 4.31 Å². The lowest BCUT2D eigenvalue weighted by molar-refractivity contribution is 0.276. The molecule has 0 saturated carbocycles. The molecule has 2 atom stereocenters. The Hall–Kier alpha value is -0.170. The number of hydrogen-bond donors (Lipinski definition) is 2. The quantitative estimate of drug-likeness (QED) is 0.731. The van der Waals surface area contributed by atoms with Crippen molar-refractivity contribution in [3.8, 4) is 0 Å². The molecule has 1 aliphatic heterocycles. The van der Waals surface area contributed by atoms with E-state index >= 15 is 0 Å². The molecular formula is C12H27N3O2S. The van der Waals surface area contributed by atoms with Crippen LogP contribution in [0.4, 0.5) is 0 Å². The number of rotatable bonds is 7. The van der Waals surface area contributed by atoms with Gasteiger partial charge in [-0.2, -0.15) is 17.4 Å². The van der Waals surface area contributed by atoms with Crippen LogP contribution in [0.25, 0.3) is 0 Å². The molecule has 6 heteroatoms. The van der Waals surface area contributed by atoms with Crippen molar-refractivity contribution in [3.63, 3.8) is 0 Å². The zero-order chi connectivity index (χ0) is 13.6. The number of hydrogen-bond acceptors (Lipinski definition) is 3. The molecule has 1 fully saturated rings. The molecule has 0 amide bonds. The lowest BCUT2D eigenvalue weighted by Crippen LogP contribution is -2.50. The number of nitrogens with one attached hydrogen (secondary N) is 1. The van der Waals surface area contributed by atoms with Crippen LogP contribution in [0, 0.1) is 5.92 Å². The van der Waals surface area contributed by atoms with Crippen molar-refractivity contribution in [2.45, 2.75) is 52.0 Å². The summed E-state index contributed by atoms with van der Waals surface area (Å²) in [4.78, 5) is 0. The standard InChI is InChI=1S/C12H27N3O2S/c1-3-4-7-12(9-13)14-18(16,17)15-8-5-6-11(2)10-15/h11-12,14H,3-10,13H2,1-2H3. The molecule has 0 aliphatic carbocycles. The minimum atomic E-state index is -3.35.